The third kappa shape index (κ3) is 10.1. The number of carbonyl (C=O) groups excluding carboxylic acids is 3. The van der Waals surface area contributed by atoms with Crippen molar-refractivity contribution >= 4 is 80.0 Å². The molecule has 0 unspecified atom stereocenters. The van der Waals surface area contributed by atoms with Gasteiger partial charge in [0.05, 0.1) is 40.0 Å². The van der Waals surface area contributed by atoms with Crippen LogP contribution >= 0.6 is 23.2 Å². The third-order valence-corrected chi connectivity index (χ3v) is 6.75. The first-order valence-electron chi connectivity index (χ1n) is 14.0. The van der Waals surface area contributed by atoms with Crippen LogP contribution in [0.25, 0.3) is 21.8 Å². The molecule has 46 heavy (non-hydrogen) atoms. The van der Waals surface area contributed by atoms with Crippen LogP contribution in [0.2, 0.25) is 10.0 Å². The number of nitrogens with two attached hydrogens (primary N) is 1. The van der Waals surface area contributed by atoms with Gasteiger partial charge in [0.1, 0.15) is 6.54 Å². The number of hydrogen-bond acceptors (Lipinski definition) is 10. The van der Waals surface area contributed by atoms with E-state index in [9.17, 15) is 14.4 Å². The number of ether oxygens (including phenoxy) is 2. The van der Waals surface area contributed by atoms with E-state index in [0.717, 1.165) is 38.6 Å². The number of pyridine rings is 2. The second-order valence-electron chi connectivity index (χ2n) is 9.79. The molecule has 2 aromatic heterocycles. The largest absolute Gasteiger partial charge is 0.461 e. The van der Waals surface area contributed by atoms with Gasteiger partial charge in [-0.2, -0.15) is 5.10 Å². The summed E-state index contributed by atoms with van der Waals surface area (Å²) in [6.45, 7) is 3.80. The van der Waals surface area contributed by atoms with Crippen molar-refractivity contribution in [1.82, 2.24) is 9.97 Å². The van der Waals surface area contributed by atoms with Gasteiger partial charge < -0.3 is 15.2 Å². The predicted molar refractivity (Wildman–Crippen MR) is 182 cm³/mol. The van der Waals surface area contributed by atoms with E-state index in [1.165, 1.54) is 0 Å². The summed E-state index contributed by atoms with van der Waals surface area (Å²) in [6, 6.07) is 15.1. The van der Waals surface area contributed by atoms with E-state index in [-0.39, 0.29) is 38.6 Å². The van der Waals surface area contributed by atoms with E-state index < -0.39 is 11.9 Å². The first-order valence-corrected chi connectivity index (χ1v) is 14.8. The molecule has 0 bridgehead atoms. The second-order valence-corrected chi connectivity index (χ2v) is 10.7. The van der Waals surface area contributed by atoms with Gasteiger partial charge in [0.25, 0.3) is 0 Å². The van der Waals surface area contributed by atoms with Crippen molar-refractivity contribution in [3.63, 3.8) is 0 Å². The van der Waals surface area contributed by atoms with Crippen molar-refractivity contribution in [2.75, 3.05) is 19.8 Å². The quantitative estimate of drug-likeness (QED) is 0.134. The number of halogens is 2. The van der Waals surface area contributed by atoms with Crippen molar-refractivity contribution in [2.45, 2.75) is 40.5 Å². The molecule has 0 saturated carbocycles. The second kappa shape index (κ2) is 17.1. The standard InChI is InChI=1S/C16H16ClN3O3.C16H14ClN3O2.CH4/c1-2-23-16(22)15(18)20-9-13(21)6-10-3-4-14-11(5-10)7-12(17)8-19-14;1-2-22-16(21)15-8-13(19-20-15)6-10-3-4-14-11(5-10)7-12(17)9-18-14;/h3-5,7-8H,2,6,9H2,1H3,(H2,18,20);3-5,7,9H,2,6,8H2,1H3;1H4. The fourth-order valence-corrected chi connectivity index (χ4v) is 4.64. The highest BCUT2D eigenvalue weighted by Crippen LogP contribution is 2.20. The molecule has 0 fully saturated rings. The maximum Gasteiger partial charge on any atom is 0.373 e. The number of ketones is 1. The summed E-state index contributed by atoms with van der Waals surface area (Å²) >= 11 is 11.9. The van der Waals surface area contributed by atoms with Crippen molar-refractivity contribution in [3.8, 4) is 0 Å². The van der Waals surface area contributed by atoms with Gasteiger partial charge in [0.15, 0.2) is 11.5 Å². The first kappa shape index (κ1) is 35.7. The van der Waals surface area contributed by atoms with Gasteiger partial charge in [-0.3, -0.25) is 19.8 Å². The fraction of sp³-hybridized carbons (Fsp3) is 0.273. The highest BCUT2D eigenvalue weighted by molar-refractivity contribution is 6.41. The number of esters is 2. The molecule has 4 aromatic rings. The van der Waals surface area contributed by atoms with Crippen LogP contribution in [0.4, 0.5) is 0 Å². The molecule has 240 valence electrons. The number of fused-ring (bicyclic) bond motifs is 2. The Balaban J connectivity index is 0.000000245. The highest BCUT2D eigenvalue weighted by Gasteiger charge is 2.20. The molecule has 0 spiro atoms. The fourth-order valence-electron chi connectivity index (χ4n) is 4.31. The lowest BCUT2D eigenvalue weighted by Crippen LogP contribution is -2.27. The average molecular weight is 666 g/mol. The maximum absolute atomic E-state index is 11.9. The Morgan fingerprint density at radius 3 is 2.04 bits per heavy atom. The van der Waals surface area contributed by atoms with Crippen molar-refractivity contribution < 1.29 is 23.9 Å². The van der Waals surface area contributed by atoms with Crippen LogP contribution in [0, 0.1) is 0 Å². The molecule has 0 aliphatic carbocycles. The summed E-state index contributed by atoms with van der Waals surface area (Å²) < 4.78 is 9.62. The first-order chi connectivity index (χ1) is 21.6. The van der Waals surface area contributed by atoms with Crippen LogP contribution in [-0.2, 0) is 36.7 Å². The zero-order valence-electron chi connectivity index (χ0n) is 24.6. The number of aliphatic imine (C=N–C) groups is 1. The number of aromatic nitrogens is 2. The molecule has 1 aliphatic heterocycles. The molecule has 5 rings (SSSR count). The summed E-state index contributed by atoms with van der Waals surface area (Å²) in [5.74, 6) is -1.57. The molecule has 2 N–H and O–H groups in total. The zero-order valence-corrected chi connectivity index (χ0v) is 26.1. The van der Waals surface area contributed by atoms with Gasteiger partial charge in [0, 0.05) is 42.4 Å². The smallest absolute Gasteiger partial charge is 0.373 e. The SMILES string of the molecule is C.CCOC(=O)C(N)=NCC(=O)Cc1ccc2ncc(Cl)cc2c1.CCOC(=O)C1=NN=C(Cc2ccc3ncc(Cl)cc3c2)C1. The number of benzene rings is 2. The Bertz CT molecular complexity index is 1840. The number of Topliss-reactive ketones (excluding diaryl/α,β-unsaturated/α-hetero) is 1. The lowest BCUT2D eigenvalue weighted by molar-refractivity contribution is -0.136. The van der Waals surface area contributed by atoms with Gasteiger partial charge in [-0.05, 0) is 61.4 Å². The number of carbonyl (C=O) groups is 3. The van der Waals surface area contributed by atoms with Gasteiger partial charge >= 0.3 is 11.9 Å². The molecule has 0 amide bonds. The van der Waals surface area contributed by atoms with E-state index in [2.05, 4.69) is 29.9 Å². The van der Waals surface area contributed by atoms with E-state index in [1.807, 2.05) is 42.5 Å². The molecular weight excluding hydrogens is 631 g/mol. The van der Waals surface area contributed by atoms with Crippen molar-refractivity contribution in [2.24, 2.45) is 20.9 Å². The summed E-state index contributed by atoms with van der Waals surface area (Å²) in [5, 5.41) is 11.0. The van der Waals surface area contributed by atoms with E-state index >= 15 is 0 Å². The lowest BCUT2D eigenvalue weighted by Gasteiger charge is -2.04. The third-order valence-electron chi connectivity index (χ3n) is 6.34. The minimum atomic E-state index is -0.716. The molecule has 0 radical (unpaired) electrons. The Morgan fingerprint density at radius 2 is 1.43 bits per heavy atom. The molecule has 11 nitrogen and oxygen atoms in total. The Labute approximate surface area is 276 Å². The zero-order chi connectivity index (χ0) is 32.3. The van der Waals surface area contributed by atoms with E-state index in [1.54, 1.807) is 32.3 Å². The molecule has 0 atom stereocenters. The number of rotatable bonds is 9. The van der Waals surface area contributed by atoms with E-state index in [0.29, 0.717) is 35.2 Å². The summed E-state index contributed by atoms with van der Waals surface area (Å²) in [7, 11) is 0. The van der Waals surface area contributed by atoms with Gasteiger partial charge in [-0.1, -0.05) is 42.8 Å². The van der Waals surface area contributed by atoms with Crippen LogP contribution in [0.15, 0.2) is 76.1 Å². The minimum absolute atomic E-state index is 0. The van der Waals surface area contributed by atoms with Gasteiger partial charge in [0.2, 0.25) is 5.84 Å². The molecule has 2 aromatic carbocycles. The molecule has 1 aliphatic rings. The Kier molecular flexibility index (Phi) is 13.3. The summed E-state index contributed by atoms with van der Waals surface area (Å²) in [5.41, 5.74) is 10.2. The van der Waals surface area contributed by atoms with Crippen LogP contribution < -0.4 is 5.73 Å². The maximum atomic E-state index is 11.9. The summed E-state index contributed by atoms with van der Waals surface area (Å²) in [6.07, 6.45) is 4.45. The average Bonchev–Trinajstić information content (AvgIpc) is 3.48. The van der Waals surface area contributed by atoms with Crippen LogP contribution in [0.3, 0.4) is 0 Å². The van der Waals surface area contributed by atoms with Crippen LogP contribution in [0.5, 0.6) is 0 Å². The normalized spacial score (nSPS) is 12.4. The lowest BCUT2D eigenvalue weighted by atomic mass is 10.0. The van der Waals surface area contributed by atoms with Crippen LogP contribution in [0.1, 0.15) is 38.8 Å². The summed E-state index contributed by atoms with van der Waals surface area (Å²) in [4.78, 5) is 47.0. The van der Waals surface area contributed by atoms with Crippen molar-refractivity contribution in [3.05, 3.63) is 82.1 Å². The topological polar surface area (TPSA) is 159 Å². The molecule has 13 heteroatoms. The predicted octanol–water partition coefficient (Wildman–Crippen LogP) is 5.75. The van der Waals surface area contributed by atoms with Gasteiger partial charge in [-0.15, -0.1) is 5.10 Å². The molecule has 3 heterocycles. The Hall–Kier alpha value is -4.74. The number of amidine groups is 1. The molecule has 0 saturated heterocycles. The minimum Gasteiger partial charge on any atom is -0.461 e. The van der Waals surface area contributed by atoms with E-state index in [4.69, 9.17) is 33.7 Å². The van der Waals surface area contributed by atoms with Crippen LogP contribution in [-0.4, -0.2) is 64.7 Å². The monoisotopic (exact) mass is 664 g/mol. The highest BCUT2D eigenvalue weighted by atomic mass is 35.5. The number of hydrogen-bond donors (Lipinski definition) is 1. The Morgan fingerprint density at radius 1 is 0.848 bits per heavy atom. The van der Waals surface area contributed by atoms with Crippen molar-refractivity contribution in [1.29, 1.82) is 0 Å². The van der Waals surface area contributed by atoms with Gasteiger partial charge in [-0.25, -0.2) is 9.59 Å². The number of nitrogens with zero attached hydrogens (tertiary/aromatic N) is 5. The molecular formula is C33H34Cl2N6O5.